The van der Waals surface area contributed by atoms with E-state index in [1.165, 1.54) is 0 Å². The number of fused-ring (bicyclic) bond motifs is 1. The molecule has 3 heterocycles. The van der Waals surface area contributed by atoms with Gasteiger partial charge in [-0.25, -0.2) is 9.97 Å². The molecule has 0 aromatic carbocycles. The molecule has 5 nitrogen and oxygen atoms in total. The molecule has 0 bridgehead atoms. The number of carbonyl (C=O) groups is 1. The molecule has 1 N–H and O–H groups in total. The lowest BCUT2D eigenvalue weighted by atomic mass is 9.77. The Morgan fingerprint density at radius 2 is 2.40 bits per heavy atom. The molecule has 1 unspecified atom stereocenters. The number of hydrogen-bond donors (Lipinski definition) is 1. The molecule has 0 aliphatic carbocycles. The van der Waals surface area contributed by atoms with Crippen LogP contribution in [0.5, 0.6) is 0 Å². The van der Waals surface area contributed by atoms with E-state index in [-0.39, 0.29) is 0 Å². The van der Waals surface area contributed by atoms with Gasteiger partial charge >= 0.3 is 5.97 Å². The molecule has 1 aliphatic rings. The van der Waals surface area contributed by atoms with E-state index in [0.29, 0.717) is 13.0 Å². The number of aromatic nitrogens is 2. The molecule has 1 atom stereocenters. The van der Waals surface area contributed by atoms with E-state index in [2.05, 4.69) is 14.9 Å². The number of carboxylic acid groups (broad SMARTS) is 1. The maximum Gasteiger partial charge on any atom is 0.311 e. The van der Waals surface area contributed by atoms with E-state index in [0.717, 1.165) is 35.4 Å². The van der Waals surface area contributed by atoms with Crippen molar-refractivity contribution < 1.29 is 9.90 Å². The summed E-state index contributed by atoms with van der Waals surface area (Å²) in [5, 5.41) is 11.6. The third-order valence-electron chi connectivity index (χ3n) is 4.23. The third-order valence-corrected chi connectivity index (χ3v) is 5.13. The van der Waals surface area contributed by atoms with E-state index in [4.69, 9.17) is 0 Å². The van der Waals surface area contributed by atoms with Crippen molar-refractivity contribution in [2.75, 3.05) is 18.0 Å². The highest BCUT2D eigenvalue weighted by Crippen LogP contribution is 2.37. The Hall–Kier alpha value is -1.69. The van der Waals surface area contributed by atoms with E-state index >= 15 is 0 Å². The lowest BCUT2D eigenvalue weighted by Crippen LogP contribution is -2.48. The molecule has 0 radical (unpaired) electrons. The van der Waals surface area contributed by atoms with Crippen molar-refractivity contribution in [3.05, 3.63) is 17.8 Å². The zero-order valence-corrected chi connectivity index (χ0v) is 12.2. The second-order valence-corrected chi connectivity index (χ2v) is 6.21. The fourth-order valence-corrected chi connectivity index (χ4v) is 3.79. The summed E-state index contributed by atoms with van der Waals surface area (Å²) in [6, 6.07) is 1.97. The standard InChI is InChI=1S/C14H17N3O2S/c1-2-14(13(18)19)5-3-6-17(8-14)12-11-10(4-7-20-11)15-9-16-12/h4,7,9H,2-3,5-6,8H2,1H3,(H,18,19). The van der Waals surface area contributed by atoms with Gasteiger partial charge < -0.3 is 10.0 Å². The molecular formula is C14H17N3O2S. The van der Waals surface area contributed by atoms with Crippen LogP contribution in [0.3, 0.4) is 0 Å². The lowest BCUT2D eigenvalue weighted by Gasteiger charge is -2.40. The number of carboxylic acids is 1. The van der Waals surface area contributed by atoms with Crippen LogP contribution in [0.1, 0.15) is 26.2 Å². The average Bonchev–Trinajstić information content (AvgIpc) is 2.95. The number of rotatable bonds is 3. The van der Waals surface area contributed by atoms with Gasteiger partial charge in [-0.2, -0.15) is 0 Å². The molecule has 2 aromatic heterocycles. The maximum atomic E-state index is 11.6. The zero-order chi connectivity index (χ0) is 14.2. The smallest absolute Gasteiger partial charge is 0.311 e. The van der Waals surface area contributed by atoms with Crippen molar-refractivity contribution in [3.63, 3.8) is 0 Å². The minimum Gasteiger partial charge on any atom is -0.481 e. The Morgan fingerprint density at radius 3 is 3.15 bits per heavy atom. The first-order valence-electron chi connectivity index (χ1n) is 6.83. The Kier molecular flexibility index (Phi) is 3.33. The summed E-state index contributed by atoms with van der Waals surface area (Å²) in [6.45, 7) is 3.35. The van der Waals surface area contributed by atoms with Crippen LogP contribution in [0.15, 0.2) is 17.8 Å². The molecule has 1 saturated heterocycles. The normalized spacial score (nSPS) is 23.1. The number of aliphatic carboxylic acids is 1. The van der Waals surface area contributed by atoms with Crippen LogP contribution in [-0.4, -0.2) is 34.1 Å². The minimum atomic E-state index is -0.693. The van der Waals surface area contributed by atoms with Gasteiger partial charge in [-0.15, -0.1) is 11.3 Å². The number of nitrogens with zero attached hydrogens (tertiary/aromatic N) is 3. The van der Waals surface area contributed by atoms with Crippen molar-refractivity contribution in [2.45, 2.75) is 26.2 Å². The largest absolute Gasteiger partial charge is 0.481 e. The summed E-state index contributed by atoms with van der Waals surface area (Å²) < 4.78 is 1.05. The molecule has 6 heteroatoms. The van der Waals surface area contributed by atoms with Crippen LogP contribution in [0.25, 0.3) is 10.2 Å². The summed E-state index contributed by atoms with van der Waals surface area (Å²) in [7, 11) is 0. The summed E-state index contributed by atoms with van der Waals surface area (Å²) in [6.07, 6.45) is 3.84. The fourth-order valence-electron chi connectivity index (χ4n) is 2.93. The van der Waals surface area contributed by atoms with Crippen molar-refractivity contribution in [2.24, 2.45) is 5.41 Å². The maximum absolute atomic E-state index is 11.6. The highest BCUT2D eigenvalue weighted by atomic mass is 32.1. The second-order valence-electron chi connectivity index (χ2n) is 5.30. The predicted octanol–water partition coefficient (Wildman–Crippen LogP) is 2.77. The van der Waals surface area contributed by atoms with Gasteiger partial charge in [-0.05, 0) is 30.7 Å². The predicted molar refractivity (Wildman–Crippen MR) is 79.2 cm³/mol. The van der Waals surface area contributed by atoms with Crippen molar-refractivity contribution >= 4 is 33.3 Å². The van der Waals surface area contributed by atoms with Gasteiger partial charge in [0.1, 0.15) is 12.1 Å². The van der Waals surface area contributed by atoms with E-state index in [1.54, 1.807) is 17.7 Å². The second kappa shape index (κ2) is 5.01. The van der Waals surface area contributed by atoms with Crippen molar-refractivity contribution in [3.8, 4) is 0 Å². The quantitative estimate of drug-likeness (QED) is 0.942. The topological polar surface area (TPSA) is 66.3 Å². The first-order valence-corrected chi connectivity index (χ1v) is 7.71. The Morgan fingerprint density at radius 1 is 1.55 bits per heavy atom. The van der Waals surface area contributed by atoms with Crippen molar-refractivity contribution in [1.29, 1.82) is 0 Å². The van der Waals surface area contributed by atoms with Crippen LogP contribution in [0.2, 0.25) is 0 Å². The lowest BCUT2D eigenvalue weighted by molar-refractivity contribution is -0.149. The molecule has 3 rings (SSSR count). The average molecular weight is 291 g/mol. The molecule has 0 amide bonds. The third kappa shape index (κ3) is 2.04. The minimum absolute atomic E-state index is 0.531. The van der Waals surface area contributed by atoms with Crippen LogP contribution in [-0.2, 0) is 4.79 Å². The van der Waals surface area contributed by atoms with Gasteiger partial charge in [0.05, 0.1) is 15.6 Å². The van der Waals surface area contributed by atoms with Gasteiger partial charge in [0.25, 0.3) is 0 Å². The monoisotopic (exact) mass is 291 g/mol. The SMILES string of the molecule is CCC1(C(=O)O)CCCN(c2ncnc3ccsc23)C1. The van der Waals surface area contributed by atoms with E-state index in [9.17, 15) is 9.90 Å². The Bertz CT molecular complexity index is 642. The van der Waals surface area contributed by atoms with Gasteiger partial charge in [0, 0.05) is 13.1 Å². The van der Waals surface area contributed by atoms with E-state index in [1.807, 2.05) is 18.4 Å². The molecule has 2 aromatic rings. The van der Waals surface area contributed by atoms with Gasteiger partial charge in [0.15, 0.2) is 0 Å². The number of piperidine rings is 1. The Balaban J connectivity index is 1.98. The molecule has 106 valence electrons. The molecule has 20 heavy (non-hydrogen) atoms. The molecule has 0 spiro atoms. The molecular weight excluding hydrogens is 274 g/mol. The fraction of sp³-hybridized carbons (Fsp3) is 0.500. The van der Waals surface area contributed by atoms with Crippen LogP contribution < -0.4 is 4.90 Å². The van der Waals surface area contributed by atoms with Crippen LogP contribution in [0.4, 0.5) is 5.82 Å². The summed E-state index contributed by atoms with van der Waals surface area (Å²) in [5.74, 6) is 0.185. The molecule has 1 fully saturated rings. The van der Waals surface area contributed by atoms with Gasteiger partial charge in [-0.3, -0.25) is 4.79 Å². The van der Waals surface area contributed by atoms with Crippen molar-refractivity contribution in [1.82, 2.24) is 9.97 Å². The Labute approximate surface area is 121 Å². The summed E-state index contributed by atoms with van der Waals surface area (Å²) in [5.41, 5.74) is 0.287. The first kappa shape index (κ1) is 13.3. The number of hydrogen-bond acceptors (Lipinski definition) is 5. The van der Waals surface area contributed by atoms with E-state index < -0.39 is 11.4 Å². The van der Waals surface area contributed by atoms with Gasteiger partial charge in [0.2, 0.25) is 0 Å². The first-order chi connectivity index (χ1) is 9.66. The highest BCUT2D eigenvalue weighted by molar-refractivity contribution is 7.17. The summed E-state index contributed by atoms with van der Waals surface area (Å²) >= 11 is 1.61. The number of anilines is 1. The molecule has 0 saturated carbocycles. The zero-order valence-electron chi connectivity index (χ0n) is 11.4. The number of thiophene rings is 1. The summed E-state index contributed by atoms with van der Waals surface area (Å²) in [4.78, 5) is 22.4. The van der Waals surface area contributed by atoms with Crippen LogP contribution in [0, 0.1) is 5.41 Å². The molecule has 1 aliphatic heterocycles. The van der Waals surface area contributed by atoms with Crippen LogP contribution >= 0.6 is 11.3 Å². The van der Waals surface area contributed by atoms with Gasteiger partial charge in [-0.1, -0.05) is 6.92 Å². The highest BCUT2D eigenvalue weighted by Gasteiger charge is 2.41.